The van der Waals surface area contributed by atoms with E-state index in [1.807, 2.05) is 30.3 Å². The van der Waals surface area contributed by atoms with Gasteiger partial charge in [0.1, 0.15) is 10.9 Å². The van der Waals surface area contributed by atoms with E-state index in [9.17, 15) is 13.2 Å². The number of nitrogens with zero attached hydrogens (tertiary/aromatic N) is 1. The number of nitrogens with one attached hydrogen (secondary N) is 1. The largest absolute Gasteiger partial charge is 0.465 e. The van der Waals surface area contributed by atoms with Crippen molar-refractivity contribution in [3.8, 4) is 16.5 Å². The van der Waals surface area contributed by atoms with Crippen LogP contribution in [0.5, 0.6) is 0 Å². The summed E-state index contributed by atoms with van der Waals surface area (Å²) in [5, 5.41) is 8.97. The van der Waals surface area contributed by atoms with E-state index in [1.165, 1.54) is 24.5 Å². The van der Waals surface area contributed by atoms with Crippen LogP contribution in [-0.2, 0) is 27.1 Å². The van der Waals surface area contributed by atoms with Crippen LogP contribution in [0.15, 0.2) is 60.7 Å². The summed E-state index contributed by atoms with van der Waals surface area (Å²) in [7, 11) is -2.42. The van der Waals surface area contributed by atoms with Crippen molar-refractivity contribution in [2.75, 3.05) is 7.11 Å². The monoisotopic (exact) mass is 426 g/mol. The van der Waals surface area contributed by atoms with Crippen LogP contribution in [0.25, 0.3) is 10.4 Å². The zero-order valence-electron chi connectivity index (χ0n) is 15.6. The number of esters is 1. The molecule has 0 fully saturated rings. The van der Waals surface area contributed by atoms with Crippen molar-refractivity contribution >= 4 is 27.3 Å². The summed E-state index contributed by atoms with van der Waals surface area (Å²) in [5.41, 5.74) is 2.32. The number of benzene rings is 2. The maximum absolute atomic E-state index is 12.5. The summed E-state index contributed by atoms with van der Waals surface area (Å²) in [6.07, 6.45) is 0. The van der Waals surface area contributed by atoms with Gasteiger partial charge in [-0.2, -0.15) is 5.26 Å². The predicted octanol–water partition coefficient (Wildman–Crippen LogP) is 3.69. The number of carbonyl (C=O) groups is 1. The normalized spacial score (nSPS) is 11.0. The molecule has 0 spiro atoms. The van der Waals surface area contributed by atoms with Crippen molar-refractivity contribution in [2.24, 2.45) is 0 Å². The second-order valence-electron chi connectivity index (χ2n) is 6.21. The highest BCUT2D eigenvalue weighted by Crippen LogP contribution is 2.28. The van der Waals surface area contributed by atoms with Gasteiger partial charge in [0.25, 0.3) is 0 Å². The molecule has 3 rings (SSSR count). The molecule has 1 heterocycles. The minimum atomic E-state index is -3.67. The van der Waals surface area contributed by atoms with Gasteiger partial charge in [-0.15, -0.1) is 11.3 Å². The van der Waals surface area contributed by atoms with Crippen LogP contribution < -0.4 is 4.72 Å². The van der Waals surface area contributed by atoms with Crippen LogP contribution >= 0.6 is 11.3 Å². The number of carbonyl (C=O) groups excluding carboxylic acids is 1. The molecule has 29 heavy (non-hydrogen) atoms. The Hall–Kier alpha value is -2.99. The number of hydrogen-bond donors (Lipinski definition) is 1. The van der Waals surface area contributed by atoms with E-state index < -0.39 is 16.0 Å². The molecule has 0 amide bonds. The molecule has 0 aliphatic rings. The van der Waals surface area contributed by atoms with Gasteiger partial charge in [-0.1, -0.05) is 36.4 Å². The standard InChI is InChI=1S/C21H18N2O4S2/c1-27-21(24)19-8-3-2-6-17(19)14-29(25,26)23-13-15-5-4-7-16(11-15)20-10-9-18(12-22)28-20/h2-11,23H,13-14H2,1H3. The molecule has 2 aromatic carbocycles. The smallest absolute Gasteiger partial charge is 0.338 e. The minimum Gasteiger partial charge on any atom is -0.465 e. The lowest BCUT2D eigenvalue weighted by atomic mass is 10.1. The van der Waals surface area contributed by atoms with Gasteiger partial charge in [-0.3, -0.25) is 0 Å². The Bertz CT molecular complexity index is 1180. The molecule has 0 atom stereocenters. The third-order valence-corrected chi connectivity index (χ3v) is 6.51. The first kappa shape index (κ1) is 20.7. The fourth-order valence-corrected chi connectivity index (χ4v) is 4.74. The van der Waals surface area contributed by atoms with Crippen LogP contribution in [0.4, 0.5) is 0 Å². The van der Waals surface area contributed by atoms with Gasteiger partial charge >= 0.3 is 5.97 Å². The lowest BCUT2D eigenvalue weighted by Gasteiger charge is -2.10. The first-order valence-electron chi connectivity index (χ1n) is 8.64. The van der Waals surface area contributed by atoms with Crippen LogP contribution in [0.3, 0.4) is 0 Å². The predicted molar refractivity (Wildman–Crippen MR) is 112 cm³/mol. The number of rotatable bonds is 7. The van der Waals surface area contributed by atoms with Crippen molar-refractivity contribution in [3.05, 3.63) is 82.2 Å². The van der Waals surface area contributed by atoms with Gasteiger partial charge in [-0.05, 0) is 41.0 Å². The number of thiophene rings is 1. The zero-order valence-corrected chi connectivity index (χ0v) is 17.2. The fraction of sp³-hybridized carbons (Fsp3) is 0.143. The molecule has 0 radical (unpaired) electrons. The molecule has 3 aromatic rings. The summed E-state index contributed by atoms with van der Waals surface area (Å²) in [6.45, 7) is 0.118. The topological polar surface area (TPSA) is 96.3 Å². The number of methoxy groups -OCH3 is 1. The van der Waals surface area contributed by atoms with Crippen molar-refractivity contribution in [3.63, 3.8) is 0 Å². The molecule has 0 aliphatic carbocycles. The van der Waals surface area contributed by atoms with E-state index >= 15 is 0 Å². The summed E-state index contributed by atoms with van der Waals surface area (Å²) in [6, 6.07) is 19.7. The molecule has 1 N–H and O–H groups in total. The molecule has 148 valence electrons. The first-order chi connectivity index (χ1) is 13.9. The van der Waals surface area contributed by atoms with E-state index in [1.54, 1.807) is 24.3 Å². The van der Waals surface area contributed by atoms with Gasteiger partial charge in [-0.25, -0.2) is 17.9 Å². The van der Waals surface area contributed by atoms with Gasteiger partial charge in [0.15, 0.2) is 0 Å². The van der Waals surface area contributed by atoms with Crippen LogP contribution in [-0.4, -0.2) is 21.5 Å². The molecule has 6 nitrogen and oxygen atoms in total. The van der Waals surface area contributed by atoms with E-state index in [4.69, 9.17) is 10.00 Å². The van der Waals surface area contributed by atoms with Crippen LogP contribution in [0.1, 0.15) is 26.4 Å². The maximum atomic E-state index is 12.5. The Labute approximate surface area is 173 Å². The zero-order chi connectivity index (χ0) is 20.9. The van der Waals surface area contributed by atoms with Gasteiger partial charge in [0.2, 0.25) is 10.0 Å². The maximum Gasteiger partial charge on any atom is 0.338 e. The molecule has 8 heteroatoms. The SMILES string of the molecule is COC(=O)c1ccccc1CS(=O)(=O)NCc1cccc(-c2ccc(C#N)s2)c1. The van der Waals surface area contributed by atoms with Crippen LogP contribution in [0, 0.1) is 11.3 Å². The van der Waals surface area contributed by atoms with Crippen molar-refractivity contribution < 1.29 is 17.9 Å². The second-order valence-corrected chi connectivity index (χ2v) is 9.10. The van der Waals surface area contributed by atoms with Gasteiger partial charge < -0.3 is 4.74 Å². The third-order valence-electron chi connectivity index (χ3n) is 4.19. The molecule has 0 bridgehead atoms. The Morgan fingerprint density at radius 3 is 2.66 bits per heavy atom. The summed E-state index contributed by atoms with van der Waals surface area (Å²) in [4.78, 5) is 13.4. The Morgan fingerprint density at radius 1 is 1.14 bits per heavy atom. The van der Waals surface area contributed by atoms with E-state index in [0.717, 1.165) is 16.0 Å². The lowest BCUT2D eigenvalue weighted by Crippen LogP contribution is -2.25. The van der Waals surface area contributed by atoms with E-state index in [2.05, 4.69) is 10.8 Å². The number of sulfonamides is 1. The molecule has 0 saturated heterocycles. The minimum absolute atomic E-state index is 0.118. The lowest BCUT2D eigenvalue weighted by molar-refractivity contribution is 0.0600. The molecule has 0 unspecified atom stereocenters. The Balaban J connectivity index is 1.72. The molecular formula is C21H18N2O4S2. The van der Waals surface area contributed by atoms with E-state index in [0.29, 0.717) is 10.4 Å². The van der Waals surface area contributed by atoms with Gasteiger partial charge in [0, 0.05) is 11.4 Å². The summed E-state index contributed by atoms with van der Waals surface area (Å²) in [5.74, 6) is -0.898. The average molecular weight is 427 g/mol. The van der Waals surface area contributed by atoms with Crippen molar-refractivity contribution in [1.82, 2.24) is 4.72 Å². The highest BCUT2D eigenvalue weighted by atomic mass is 32.2. The molecular weight excluding hydrogens is 408 g/mol. The number of nitriles is 1. The average Bonchev–Trinajstić information content (AvgIpc) is 3.22. The molecule has 0 aliphatic heterocycles. The highest BCUT2D eigenvalue weighted by molar-refractivity contribution is 7.88. The Morgan fingerprint density at radius 2 is 1.93 bits per heavy atom. The van der Waals surface area contributed by atoms with E-state index in [-0.39, 0.29) is 17.9 Å². The Kier molecular flexibility index (Phi) is 6.44. The van der Waals surface area contributed by atoms with Crippen LogP contribution in [0.2, 0.25) is 0 Å². The molecule has 0 saturated carbocycles. The highest BCUT2D eigenvalue weighted by Gasteiger charge is 2.18. The summed E-state index contributed by atoms with van der Waals surface area (Å²) < 4.78 is 32.4. The quantitative estimate of drug-likeness (QED) is 0.581. The fourth-order valence-electron chi connectivity index (χ4n) is 2.79. The van der Waals surface area contributed by atoms with Crippen molar-refractivity contribution in [1.29, 1.82) is 5.26 Å². The van der Waals surface area contributed by atoms with Crippen molar-refractivity contribution in [2.45, 2.75) is 12.3 Å². The number of hydrogen-bond acceptors (Lipinski definition) is 6. The second kappa shape index (κ2) is 9.01. The third kappa shape index (κ3) is 5.29. The van der Waals surface area contributed by atoms with Gasteiger partial charge in [0.05, 0.1) is 18.4 Å². The molecule has 1 aromatic heterocycles. The first-order valence-corrected chi connectivity index (χ1v) is 11.1. The summed E-state index contributed by atoms with van der Waals surface area (Å²) >= 11 is 1.38. The number of ether oxygens (including phenoxy) is 1.